The Morgan fingerprint density at radius 2 is 1.76 bits per heavy atom. The van der Waals surface area contributed by atoms with Crippen molar-refractivity contribution in [2.24, 2.45) is 0 Å². The van der Waals surface area contributed by atoms with Gasteiger partial charge in [0.2, 0.25) is 0 Å². The summed E-state index contributed by atoms with van der Waals surface area (Å²) >= 11 is 0. The van der Waals surface area contributed by atoms with Crippen molar-refractivity contribution in [3.63, 3.8) is 0 Å². The van der Waals surface area contributed by atoms with E-state index in [0.29, 0.717) is 6.04 Å². The summed E-state index contributed by atoms with van der Waals surface area (Å²) in [5.74, 6) is 2.01. The Morgan fingerprint density at radius 3 is 2.41 bits per heavy atom. The number of furan rings is 1. The molecule has 3 heterocycles. The third-order valence-corrected chi connectivity index (χ3v) is 6.66. The van der Waals surface area contributed by atoms with E-state index in [1.54, 1.807) is 0 Å². The van der Waals surface area contributed by atoms with Crippen LogP contribution in [0.4, 0.5) is 0 Å². The first-order valence-corrected chi connectivity index (χ1v) is 11.0. The fourth-order valence-corrected chi connectivity index (χ4v) is 4.75. The van der Waals surface area contributed by atoms with Crippen LogP contribution >= 0.6 is 0 Å². The van der Waals surface area contributed by atoms with Crippen LogP contribution in [0.5, 0.6) is 0 Å². The van der Waals surface area contributed by atoms with Gasteiger partial charge in [-0.05, 0) is 43.9 Å². The zero-order valence-corrected chi connectivity index (χ0v) is 17.9. The fraction of sp³-hybridized carbons (Fsp3) is 0.583. The lowest BCUT2D eigenvalue weighted by Crippen LogP contribution is -2.58. The molecule has 4 rings (SSSR count). The van der Waals surface area contributed by atoms with Crippen molar-refractivity contribution in [1.82, 2.24) is 14.7 Å². The van der Waals surface area contributed by atoms with Gasteiger partial charge in [-0.3, -0.25) is 9.80 Å². The van der Waals surface area contributed by atoms with E-state index in [9.17, 15) is 5.11 Å². The maximum atomic E-state index is 10.8. The summed E-state index contributed by atoms with van der Waals surface area (Å²) in [6.07, 6.45) is 1.87. The Kier molecular flexibility index (Phi) is 6.70. The van der Waals surface area contributed by atoms with E-state index in [0.717, 1.165) is 76.7 Å². The summed E-state index contributed by atoms with van der Waals surface area (Å²) < 4.78 is 5.82. The van der Waals surface area contributed by atoms with Gasteiger partial charge in [-0.2, -0.15) is 0 Å². The van der Waals surface area contributed by atoms with Crippen molar-refractivity contribution in [2.75, 3.05) is 45.8 Å². The maximum absolute atomic E-state index is 10.8. The number of benzene rings is 1. The second kappa shape index (κ2) is 9.43. The minimum atomic E-state index is -0.281. The monoisotopic (exact) mass is 397 g/mol. The number of nitrogens with zero attached hydrogens (tertiary/aromatic N) is 3. The molecular formula is C24H35N3O2. The van der Waals surface area contributed by atoms with Crippen molar-refractivity contribution < 1.29 is 9.52 Å². The number of hydrogen-bond acceptors (Lipinski definition) is 5. The predicted octanol–water partition coefficient (Wildman–Crippen LogP) is 2.69. The first kappa shape index (κ1) is 20.6. The molecule has 29 heavy (non-hydrogen) atoms. The molecule has 158 valence electrons. The molecule has 1 aromatic carbocycles. The van der Waals surface area contributed by atoms with Gasteiger partial charge in [-0.25, -0.2) is 0 Å². The number of aliphatic hydroxyl groups excluding tert-OH is 1. The molecule has 0 unspecified atom stereocenters. The van der Waals surface area contributed by atoms with Gasteiger partial charge in [0.15, 0.2) is 0 Å². The van der Waals surface area contributed by atoms with Gasteiger partial charge < -0.3 is 14.4 Å². The number of aryl methyl sites for hydroxylation is 2. The van der Waals surface area contributed by atoms with E-state index in [1.165, 1.54) is 11.1 Å². The molecule has 0 aliphatic carbocycles. The Labute approximate surface area is 174 Å². The van der Waals surface area contributed by atoms with Gasteiger partial charge in [-0.15, -0.1) is 0 Å². The number of rotatable bonds is 6. The third-order valence-electron chi connectivity index (χ3n) is 6.66. The largest absolute Gasteiger partial charge is 0.465 e. The van der Waals surface area contributed by atoms with E-state index in [4.69, 9.17) is 4.42 Å². The van der Waals surface area contributed by atoms with Crippen LogP contribution in [0.25, 0.3) is 0 Å². The molecule has 1 aromatic heterocycles. The molecule has 5 nitrogen and oxygen atoms in total. The maximum Gasteiger partial charge on any atom is 0.118 e. The SMILES string of the molecule is Cc1cc(CN2CC[C@@H](N3CCN(CCc4ccccc4)CC3)[C@H](O)C2)oc1C. The first-order chi connectivity index (χ1) is 14.1. The fourth-order valence-electron chi connectivity index (χ4n) is 4.75. The van der Waals surface area contributed by atoms with Crippen LogP contribution in [0.3, 0.4) is 0 Å². The van der Waals surface area contributed by atoms with Crippen LogP contribution in [0, 0.1) is 13.8 Å². The van der Waals surface area contributed by atoms with Crippen LogP contribution in [-0.2, 0) is 13.0 Å². The van der Waals surface area contributed by atoms with Gasteiger partial charge in [-0.1, -0.05) is 30.3 Å². The van der Waals surface area contributed by atoms with Crippen LogP contribution in [-0.4, -0.2) is 77.8 Å². The van der Waals surface area contributed by atoms with Crippen molar-refractivity contribution in [3.8, 4) is 0 Å². The lowest BCUT2D eigenvalue weighted by Gasteiger charge is -2.45. The highest BCUT2D eigenvalue weighted by atomic mass is 16.3. The molecule has 0 bridgehead atoms. The molecule has 2 atom stereocenters. The summed E-state index contributed by atoms with van der Waals surface area (Å²) in [4.78, 5) is 7.41. The van der Waals surface area contributed by atoms with Gasteiger partial charge in [0.25, 0.3) is 0 Å². The molecule has 0 saturated carbocycles. The zero-order chi connectivity index (χ0) is 20.2. The second-order valence-corrected chi connectivity index (χ2v) is 8.72. The normalized spacial score (nSPS) is 24.8. The molecule has 2 aliphatic heterocycles. The molecular weight excluding hydrogens is 362 g/mol. The highest BCUT2D eigenvalue weighted by Gasteiger charge is 2.33. The Bertz CT molecular complexity index is 748. The summed E-state index contributed by atoms with van der Waals surface area (Å²) in [6, 6.07) is 13.2. The summed E-state index contributed by atoms with van der Waals surface area (Å²) in [6.45, 7) is 12.1. The number of hydrogen-bond donors (Lipinski definition) is 1. The minimum Gasteiger partial charge on any atom is -0.465 e. The lowest BCUT2D eigenvalue weighted by molar-refractivity contribution is -0.0320. The first-order valence-electron chi connectivity index (χ1n) is 11.0. The van der Waals surface area contributed by atoms with Crippen LogP contribution in [0.1, 0.15) is 29.1 Å². The summed E-state index contributed by atoms with van der Waals surface area (Å²) in [7, 11) is 0. The number of piperazine rings is 1. The van der Waals surface area contributed by atoms with Gasteiger partial charge >= 0.3 is 0 Å². The van der Waals surface area contributed by atoms with Crippen LogP contribution in [0.2, 0.25) is 0 Å². The van der Waals surface area contributed by atoms with Crippen LogP contribution in [0.15, 0.2) is 40.8 Å². The zero-order valence-electron chi connectivity index (χ0n) is 17.9. The molecule has 0 radical (unpaired) electrons. The average Bonchev–Trinajstić information content (AvgIpc) is 3.05. The van der Waals surface area contributed by atoms with Crippen molar-refractivity contribution in [1.29, 1.82) is 0 Å². The van der Waals surface area contributed by atoms with E-state index in [1.807, 2.05) is 6.92 Å². The Balaban J connectivity index is 1.21. The Hall–Kier alpha value is -1.66. The topological polar surface area (TPSA) is 43.1 Å². The molecule has 2 fully saturated rings. The third kappa shape index (κ3) is 5.28. The highest BCUT2D eigenvalue weighted by molar-refractivity contribution is 5.18. The van der Waals surface area contributed by atoms with E-state index in [2.05, 4.69) is 58.0 Å². The molecule has 2 saturated heterocycles. The van der Waals surface area contributed by atoms with Gasteiger partial charge in [0.05, 0.1) is 12.6 Å². The van der Waals surface area contributed by atoms with E-state index < -0.39 is 0 Å². The highest BCUT2D eigenvalue weighted by Crippen LogP contribution is 2.22. The number of aliphatic hydroxyl groups is 1. The second-order valence-electron chi connectivity index (χ2n) is 8.72. The quantitative estimate of drug-likeness (QED) is 0.812. The van der Waals surface area contributed by atoms with Gasteiger partial charge in [0.1, 0.15) is 11.5 Å². The lowest BCUT2D eigenvalue weighted by atomic mass is 9.99. The predicted molar refractivity (Wildman–Crippen MR) is 116 cm³/mol. The minimum absolute atomic E-state index is 0.281. The Morgan fingerprint density at radius 1 is 1.00 bits per heavy atom. The number of β-amino-alcohol motifs (C(OH)–C–C–N with tert-alkyl or cyclic N) is 1. The van der Waals surface area contributed by atoms with Crippen molar-refractivity contribution in [2.45, 2.75) is 45.4 Å². The van der Waals surface area contributed by atoms with Crippen molar-refractivity contribution >= 4 is 0 Å². The summed E-state index contributed by atoms with van der Waals surface area (Å²) in [5.41, 5.74) is 2.63. The average molecular weight is 398 g/mol. The van der Waals surface area contributed by atoms with E-state index in [-0.39, 0.29) is 6.10 Å². The summed E-state index contributed by atoms with van der Waals surface area (Å²) in [5, 5.41) is 10.8. The molecule has 2 aromatic rings. The standard InChI is InChI=1S/C24H35N3O2/c1-19-16-22(29-20(19)2)17-26-11-9-23(24(28)18-26)27-14-12-25(13-15-27)10-8-21-6-4-3-5-7-21/h3-7,16,23-24,28H,8-15,17-18H2,1-2H3/t23-,24-/m1/s1. The smallest absolute Gasteiger partial charge is 0.118 e. The molecule has 0 amide bonds. The number of likely N-dealkylation sites (tertiary alicyclic amines) is 1. The van der Waals surface area contributed by atoms with Gasteiger partial charge in [0, 0.05) is 51.9 Å². The van der Waals surface area contributed by atoms with Crippen molar-refractivity contribution in [3.05, 3.63) is 59.0 Å². The molecule has 1 N–H and O–H groups in total. The van der Waals surface area contributed by atoms with E-state index >= 15 is 0 Å². The molecule has 5 heteroatoms. The number of piperidine rings is 1. The molecule has 0 spiro atoms. The molecule has 2 aliphatic rings. The van der Waals surface area contributed by atoms with Crippen LogP contribution < -0.4 is 0 Å².